The molecule has 0 amide bonds. The van der Waals surface area contributed by atoms with Crippen LogP contribution in [-0.2, 0) is 16.6 Å². The maximum absolute atomic E-state index is 12.0. The molecule has 144 valence electrons. The van der Waals surface area contributed by atoms with Gasteiger partial charge in [0.25, 0.3) is 0 Å². The molecule has 1 aromatic heterocycles. The first kappa shape index (κ1) is 18.4. The highest BCUT2D eigenvalue weighted by molar-refractivity contribution is 7.89. The fourth-order valence-electron chi connectivity index (χ4n) is 2.92. The molecule has 1 aliphatic rings. The molecule has 0 aliphatic carbocycles. The van der Waals surface area contributed by atoms with Gasteiger partial charge < -0.3 is 15.7 Å². The lowest BCUT2D eigenvalue weighted by atomic mass is 10.1. The van der Waals surface area contributed by atoms with Crippen molar-refractivity contribution in [3.63, 3.8) is 0 Å². The number of nitrogens with zero attached hydrogens (tertiary/aromatic N) is 2. The van der Waals surface area contributed by atoms with Gasteiger partial charge in [0.2, 0.25) is 16.0 Å². The summed E-state index contributed by atoms with van der Waals surface area (Å²) in [4.78, 5) is 8.78. The lowest BCUT2D eigenvalue weighted by molar-refractivity contribution is 0.191. The number of hydrogen-bond donors (Lipinski definition) is 4. The molecule has 0 saturated heterocycles. The van der Waals surface area contributed by atoms with Gasteiger partial charge in [0.1, 0.15) is 5.82 Å². The van der Waals surface area contributed by atoms with Crippen LogP contribution in [0.5, 0.6) is 0 Å². The van der Waals surface area contributed by atoms with Gasteiger partial charge in [-0.3, -0.25) is 0 Å². The molecule has 0 fully saturated rings. The normalized spacial score (nSPS) is 15.6. The van der Waals surface area contributed by atoms with Crippen molar-refractivity contribution in [2.75, 3.05) is 17.2 Å². The van der Waals surface area contributed by atoms with Gasteiger partial charge in [-0.05, 0) is 29.3 Å². The smallest absolute Gasteiger partial charge is 0.241 e. The summed E-state index contributed by atoms with van der Waals surface area (Å²) >= 11 is 0. The summed E-state index contributed by atoms with van der Waals surface area (Å²) < 4.78 is 26.4. The van der Waals surface area contributed by atoms with Crippen molar-refractivity contribution in [1.82, 2.24) is 14.7 Å². The van der Waals surface area contributed by atoms with Crippen LogP contribution in [0.1, 0.15) is 17.2 Å². The molecule has 0 unspecified atom stereocenters. The number of sulfonamides is 1. The van der Waals surface area contributed by atoms with Crippen molar-refractivity contribution in [3.8, 4) is 0 Å². The Kier molecular flexibility index (Phi) is 4.95. The van der Waals surface area contributed by atoms with Crippen LogP contribution in [0.15, 0.2) is 65.7 Å². The van der Waals surface area contributed by atoms with Crippen molar-refractivity contribution in [2.45, 2.75) is 17.5 Å². The lowest BCUT2D eigenvalue weighted by Gasteiger charge is -2.13. The highest BCUT2D eigenvalue weighted by Crippen LogP contribution is 2.26. The van der Waals surface area contributed by atoms with E-state index in [1.165, 1.54) is 0 Å². The monoisotopic (exact) mass is 397 g/mol. The zero-order valence-corrected chi connectivity index (χ0v) is 15.6. The van der Waals surface area contributed by atoms with Crippen molar-refractivity contribution in [3.05, 3.63) is 71.9 Å². The topological polar surface area (TPSA) is 116 Å². The number of fused-ring (bicyclic) bond motifs is 1. The second-order valence-corrected chi connectivity index (χ2v) is 8.08. The Bertz CT molecular complexity index is 1090. The highest BCUT2D eigenvalue weighted by Gasteiger charge is 2.25. The van der Waals surface area contributed by atoms with Gasteiger partial charge in [-0.15, -0.1) is 0 Å². The van der Waals surface area contributed by atoms with E-state index in [4.69, 9.17) is 0 Å². The van der Waals surface area contributed by atoms with Crippen LogP contribution < -0.4 is 15.4 Å². The van der Waals surface area contributed by atoms with E-state index in [0.29, 0.717) is 30.5 Å². The number of aliphatic hydroxyl groups is 1. The molecule has 9 heteroatoms. The largest absolute Gasteiger partial charge is 0.387 e. The average molecular weight is 397 g/mol. The zero-order valence-electron chi connectivity index (χ0n) is 14.8. The van der Waals surface area contributed by atoms with Crippen LogP contribution >= 0.6 is 0 Å². The number of anilines is 3. The summed E-state index contributed by atoms with van der Waals surface area (Å²) in [6.45, 7) is 0.598. The van der Waals surface area contributed by atoms with Gasteiger partial charge in [0, 0.05) is 25.0 Å². The van der Waals surface area contributed by atoms with Crippen LogP contribution in [0.3, 0.4) is 0 Å². The maximum atomic E-state index is 12.0. The van der Waals surface area contributed by atoms with Crippen molar-refractivity contribution in [2.24, 2.45) is 0 Å². The number of rotatable bonds is 6. The fourth-order valence-corrected chi connectivity index (χ4v) is 4.19. The summed E-state index contributed by atoms with van der Waals surface area (Å²) in [5.74, 6) is 0.866. The van der Waals surface area contributed by atoms with E-state index in [0.717, 1.165) is 11.1 Å². The van der Waals surface area contributed by atoms with Gasteiger partial charge in [0.05, 0.1) is 11.0 Å². The van der Waals surface area contributed by atoms with Crippen LogP contribution in [0.4, 0.5) is 17.5 Å². The molecule has 1 atom stereocenters. The molecular formula is C19H19N5O3S. The standard InChI is InChI=1S/C19H19N5O3S/c25-16(13-4-2-1-3-5-13)12-21-18-8-9-20-19(24-18)23-15-7-6-14-11-22-28(26,27)17(14)10-15/h1-10,16,22,25H,11-12H2,(H2,20,21,23,24)/t16-/m0/s1. The predicted octanol–water partition coefficient (Wildman–Crippen LogP) is 2.16. The number of benzene rings is 2. The Morgan fingerprint density at radius 3 is 2.79 bits per heavy atom. The first-order valence-electron chi connectivity index (χ1n) is 8.71. The second kappa shape index (κ2) is 7.55. The SMILES string of the molecule is O=S1(=O)NCc2ccc(Nc3nccc(NC[C@H](O)c4ccccc4)n3)cc21. The zero-order chi connectivity index (χ0) is 19.6. The summed E-state index contributed by atoms with van der Waals surface area (Å²) in [7, 11) is -3.44. The fraction of sp³-hybridized carbons (Fsp3) is 0.158. The molecule has 2 aromatic carbocycles. The lowest BCUT2D eigenvalue weighted by Crippen LogP contribution is -2.14. The first-order chi connectivity index (χ1) is 13.5. The Morgan fingerprint density at radius 2 is 1.96 bits per heavy atom. The molecule has 8 nitrogen and oxygen atoms in total. The Balaban J connectivity index is 1.45. The third-order valence-corrected chi connectivity index (χ3v) is 5.87. The minimum absolute atomic E-state index is 0.262. The molecule has 4 rings (SSSR count). The van der Waals surface area contributed by atoms with Crippen LogP contribution in [0.25, 0.3) is 0 Å². The predicted molar refractivity (Wildman–Crippen MR) is 106 cm³/mol. The molecular weight excluding hydrogens is 378 g/mol. The van der Waals surface area contributed by atoms with Gasteiger partial charge in [-0.25, -0.2) is 18.1 Å². The van der Waals surface area contributed by atoms with Crippen molar-refractivity contribution in [1.29, 1.82) is 0 Å². The molecule has 3 aromatic rings. The molecule has 0 saturated carbocycles. The summed E-state index contributed by atoms with van der Waals surface area (Å²) in [6.07, 6.45) is 0.917. The Labute approximate surface area is 162 Å². The second-order valence-electron chi connectivity index (χ2n) is 6.34. The molecule has 4 N–H and O–H groups in total. The van der Waals surface area contributed by atoms with Crippen LogP contribution in [-0.4, -0.2) is 30.0 Å². The molecule has 1 aliphatic heterocycles. The van der Waals surface area contributed by atoms with Crippen molar-refractivity contribution < 1.29 is 13.5 Å². The minimum Gasteiger partial charge on any atom is -0.387 e. The Hall–Kier alpha value is -3.01. The summed E-state index contributed by atoms with van der Waals surface area (Å²) in [5.41, 5.74) is 2.12. The third kappa shape index (κ3) is 3.96. The molecule has 0 radical (unpaired) electrons. The molecule has 0 bridgehead atoms. The number of hydrogen-bond acceptors (Lipinski definition) is 7. The van der Waals surface area contributed by atoms with E-state index < -0.39 is 16.1 Å². The highest BCUT2D eigenvalue weighted by atomic mass is 32.2. The average Bonchev–Trinajstić information content (AvgIpc) is 3.01. The van der Waals surface area contributed by atoms with Gasteiger partial charge in [-0.1, -0.05) is 36.4 Å². The minimum atomic E-state index is -3.44. The van der Waals surface area contributed by atoms with E-state index >= 15 is 0 Å². The van der Waals surface area contributed by atoms with Crippen LogP contribution in [0, 0.1) is 0 Å². The van der Waals surface area contributed by atoms with E-state index in [-0.39, 0.29) is 4.90 Å². The van der Waals surface area contributed by atoms with Gasteiger partial charge >= 0.3 is 0 Å². The first-order valence-corrected chi connectivity index (χ1v) is 10.2. The number of aromatic nitrogens is 2. The van der Waals surface area contributed by atoms with E-state index in [1.807, 2.05) is 30.3 Å². The summed E-state index contributed by atoms with van der Waals surface area (Å²) in [5, 5.41) is 16.3. The molecule has 2 heterocycles. The Morgan fingerprint density at radius 1 is 1.14 bits per heavy atom. The van der Waals surface area contributed by atoms with E-state index in [2.05, 4.69) is 25.3 Å². The van der Waals surface area contributed by atoms with Gasteiger partial charge in [-0.2, -0.15) is 4.98 Å². The molecule has 28 heavy (non-hydrogen) atoms. The van der Waals surface area contributed by atoms with E-state index in [1.54, 1.807) is 30.5 Å². The van der Waals surface area contributed by atoms with Crippen molar-refractivity contribution >= 4 is 27.5 Å². The molecule has 0 spiro atoms. The number of nitrogens with one attached hydrogen (secondary N) is 3. The van der Waals surface area contributed by atoms with E-state index in [9.17, 15) is 13.5 Å². The summed E-state index contributed by atoms with van der Waals surface area (Å²) in [6, 6.07) is 16.2. The quantitative estimate of drug-likeness (QED) is 0.504. The van der Waals surface area contributed by atoms with Gasteiger partial charge in [0.15, 0.2) is 0 Å². The maximum Gasteiger partial charge on any atom is 0.241 e. The number of aliphatic hydroxyl groups excluding tert-OH is 1. The third-order valence-electron chi connectivity index (χ3n) is 4.38. The van der Waals surface area contributed by atoms with Crippen LogP contribution in [0.2, 0.25) is 0 Å².